The minimum Gasteiger partial charge on any atom is -0.236 e. The lowest BCUT2D eigenvalue weighted by molar-refractivity contribution is 1.21. The largest absolute Gasteiger partial charge is 0.236 e. The summed E-state index contributed by atoms with van der Waals surface area (Å²) in [6.45, 7) is 0. The molecule has 2 aromatic heterocycles. The molecular formula is C36H22N4. The zero-order chi connectivity index (χ0) is 26.5. The Morgan fingerprint density at radius 3 is 1.82 bits per heavy atom. The van der Waals surface area contributed by atoms with Crippen LogP contribution >= 0.6 is 0 Å². The van der Waals surface area contributed by atoms with E-state index in [9.17, 15) is 0 Å². The van der Waals surface area contributed by atoms with Crippen molar-refractivity contribution in [1.82, 2.24) is 19.9 Å². The van der Waals surface area contributed by atoms with E-state index in [1.807, 2.05) is 36.5 Å². The molecule has 0 aliphatic rings. The molecule has 0 spiro atoms. The van der Waals surface area contributed by atoms with Gasteiger partial charge in [-0.2, -0.15) is 0 Å². The van der Waals surface area contributed by atoms with E-state index in [0.29, 0.717) is 11.6 Å². The highest BCUT2D eigenvalue weighted by Crippen LogP contribution is 2.37. The average molecular weight is 511 g/mol. The number of rotatable bonds is 3. The highest BCUT2D eigenvalue weighted by Gasteiger charge is 2.17. The Morgan fingerprint density at radius 2 is 1.05 bits per heavy atom. The Bertz CT molecular complexity index is 2210. The summed E-state index contributed by atoms with van der Waals surface area (Å²) in [4.78, 5) is 20.2. The Morgan fingerprint density at radius 1 is 0.400 bits per heavy atom. The van der Waals surface area contributed by atoms with Crippen LogP contribution in [0.2, 0.25) is 0 Å². The molecule has 0 amide bonds. The van der Waals surface area contributed by atoms with Gasteiger partial charge in [0, 0.05) is 33.7 Å². The summed E-state index contributed by atoms with van der Waals surface area (Å²) in [5.74, 6) is 1.39. The van der Waals surface area contributed by atoms with Crippen molar-refractivity contribution in [3.05, 3.63) is 134 Å². The van der Waals surface area contributed by atoms with Crippen molar-refractivity contribution in [2.45, 2.75) is 0 Å². The molecular weight excluding hydrogens is 488 g/mol. The molecule has 0 saturated carbocycles. The molecule has 8 aromatic rings. The summed E-state index contributed by atoms with van der Waals surface area (Å²) in [5, 5.41) is 6.49. The molecule has 186 valence electrons. The third-order valence-electron chi connectivity index (χ3n) is 7.53. The van der Waals surface area contributed by atoms with Crippen molar-refractivity contribution in [1.29, 1.82) is 0 Å². The monoisotopic (exact) mass is 510 g/mol. The van der Waals surface area contributed by atoms with Gasteiger partial charge in [0.25, 0.3) is 0 Å². The molecule has 0 atom stereocenters. The third-order valence-corrected chi connectivity index (χ3v) is 7.53. The standard InChI is InChI=1S/C36H22N4/c1-2-12-25(13-3-1)35-37-22-31-32(38-35)21-20-30-33(28-18-8-14-23-10-4-6-16-26(23)28)39-36(40-34(30)31)29-19-9-15-24-11-5-7-17-27(24)29/h1-22H. The van der Waals surface area contributed by atoms with E-state index in [-0.39, 0.29) is 0 Å². The second-order valence-corrected chi connectivity index (χ2v) is 9.90. The van der Waals surface area contributed by atoms with Crippen molar-refractivity contribution in [2.24, 2.45) is 0 Å². The van der Waals surface area contributed by atoms with Crippen LogP contribution in [-0.2, 0) is 0 Å². The van der Waals surface area contributed by atoms with Crippen molar-refractivity contribution in [3.63, 3.8) is 0 Å². The van der Waals surface area contributed by atoms with Crippen molar-refractivity contribution in [2.75, 3.05) is 0 Å². The molecule has 0 unspecified atom stereocenters. The first-order valence-corrected chi connectivity index (χ1v) is 13.3. The first-order chi connectivity index (χ1) is 19.8. The maximum absolute atomic E-state index is 5.26. The third kappa shape index (κ3) is 3.62. The van der Waals surface area contributed by atoms with Gasteiger partial charge in [-0.25, -0.2) is 19.9 Å². The molecule has 4 heteroatoms. The minimum absolute atomic E-state index is 0.687. The van der Waals surface area contributed by atoms with E-state index >= 15 is 0 Å². The normalized spacial score (nSPS) is 11.5. The molecule has 0 aliphatic heterocycles. The summed E-state index contributed by atoms with van der Waals surface area (Å²) in [7, 11) is 0. The van der Waals surface area contributed by atoms with Gasteiger partial charge >= 0.3 is 0 Å². The van der Waals surface area contributed by atoms with E-state index in [0.717, 1.165) is 60.3 Å². The molecule has 6 aromatic carbocycles. The molecule has 2 heterocycles. The molecule has 0 fully saturated rings. The van der Waals surface area contributed by atoms with Gasteiger partial charge in [-0.05, 0) is 33.7 Å². The van der Waals surface area contributed by atoms with Gasteiger partial charge in [-0.1, -0.05) is 115 Å². The highest BCUT2D eigenvalue weighted by atomic mass is 14.9. The highest BCUT2D eigenvalue weighted by molar-refractivity contribution is 6.12. The zero-order valence-corrected chi connectivity index (χ0v) is 21.5. The van der Waals surface area contributed by atoms with Crippen molar-refractivity contribution >= 4 is 43.4 Å². The van der Waals surface area contributed by atoms with Crippen molar-refractivity contribution < 1.29 is 0 Å². The van der Waals surface area contributed by atoms with Crippen LogP contribution in [0.25, 0.3) is 77.4 Å². The number of hydrogen-bond donors (Lipinski definition) is 0. The second kappa shape index (κ2) is 9.07. The lowest BCUT2D eigenvalue weighted by Crippen LogP contribution is -1.98. The summed E-state index contributed by atoms with van der Waals surface area (Å²) in [5.41, 5.74) is 5.66. The fourth-order valence-corrected chi connectivity index (χ4v) is 5.60. The predicted molar refractivity (Wildman–Crippen MR) is 164 cm³/mol. The quantitative estimate of drug-likeness (QED) is 0.223. The van der Waals surface area contributed by atoms with Crippen LogP contribution in [0.4, 0.5) is 0 Å². The number of hydrogen-bond acceptors (Lipinski definition) is 4. The fourth-order valence-electron chi connectivity index (χ4n) is 5.60. The van der Waals surface area contributed by atoms with Gasteiger partial charge in [0.15, 0.2) is 11.6 Å². The van der Waals surface area contributed by atoms with E-state index in [4.69, 9.17) is 19.9 Å². The molecule has 0 radical (unpaired) electrons. The summed E-state index contributed by atoms with van der Waals surface area (Å²) < 4.78 is 0. The predicted octanol–water partition coefficient (Wildman–Crippen LogP) is 8.88. The first-order valence-electron chi connectivity index (χ1n) is 13.3. The molecule has 0 aliphatic carbocycles. The maximum Gasteiger partial charge on any atom is 0.161 e. The van der Waals surface area contributed by atoms with E-state index < -0.39 is 0 Å². The van der Waals surface area contributed by atoms with Crippen LogP contribution in [0.5, 0.6) is 0 Å². The summed E-state index contributed by atoms with van der Waals surface area (Å²) in [6, 6.07) is 43.7. The molecule has 40 heavy (non-hydrogen) atoms. The van der Waals surface area contributed by atoms with E-state index in [2.05, 4.69) is 97.1 Å². The minimum atomic E-state index is 0.687. The maximum atomic E-state index is 5.26. The van der Waals surface area contributed by atoms with E-state index in [1.54, 1.807) is 0 Å². The molecule has 0 N–H and O–H groups in total. The Balaban J connectivity index is 1.47. The van der Waals surface area contributed by atoms with Gasteiger partial charge in [0.2, 0.25) is 0 Å². The van der Waals surface area contributed by atoms with Crippen LogP contribution in [0, 0.1) is 0 Å². The first kappa shape index (κ1) is 22.5. The van der Waals surface area contributed by atoms with Crippen LogP contribution in [0.1, 0.15) is 0 Å². The average Bonchev–Trinajstić information content (AvgIpc) is 3.03. The number of nitrogens with zero attached hydrogens (tertiary/aromatic N) is 4. The van der Waals surface area contributed by atoms with Crippen molar-refractivity contribution in [3.8, 4) is 34.0 Å². The SMILES string of the molecule is c1ccc(-c2ncc3c(ccc4c(-c5cccc6ccccc56)nc(-c5cccc6ccccc56)nc43)n2)cc1. The van der Waals surface area contributed by atoms with Gasteiger partial charge in [0.05, 0.1) is 16.7 Å². The van der Waals surface area contributed by atoms with Gasteiger partial charge in [-0.3, -0.25) is 0 Å². The second-order valence-electron chi connectivity index (χ2n) is 9.90. The topological polar surface area (TPSA) is 51.6 Å². The van der Waals surface area contributed by atoms with E-state index in [1.165, 1.54) is 5.39 Å². The number of aromatic nitrogens is 4. The number of benzene rings is 6. The van der Waals surface area contributed by atoms with Crippen LogP contribution in [0.15, 0.2) is 134 Å². The molecule has 4 nitrogen and oxygen atoms in total. The number of fused-ring (bicyclic) bond motifs is 5. The Kier molecular flexibility index (Phi) is 5.10. The molecule has 0 bridgehead atoms. The van der Waals surface area contributed by atoms with Gasteiger partial charge in [0.1, 0.15) is 0 Å². The molecule has 0 saturated heterocycles. The van der Waals surface area contributed by atoms with Gasteiger partial charge in [-0.15, -0.1) is 0 Å². The smallest absolute Gasteiger partial charge is 0.161 e. The molecule has 8 rings (SSSR count). The summed E-state index contributed by atoms with van der Waals surface area (Å²) >= 11 is 0. The Labute approximate surface area is 230 Å². The lowest BCUT2D eigenvalue weighted by atomic mass is 9.97. The summed E-state index contributed by atoms with van der Waals surface area (Å²) in [6.07, 6.45) is 1.90. The van der Waals surface area contributed by atoms with Gasteiger partial charge < -0.3 is 0 Å². The lowest BCUT2D eigenvalue weighted by Gasteiger charge is -2.14. The van der Waals surface area contributed by atoms with Crippen LogP contribution in [-0.4, -0.2) is 19.9 Å². The van der Waals surface area contributed by atoms with Crippen LogP contribution < -0.4 is 0 Å². The van der Waals surface area contributed by atoms with Crippen LogP contribution in [0.3, 0.4) is 0 Å². The Hall–Kier alpha value is -5.48. The zero-order valence-electron chi connectivity index (χ0n) is 21.5. The fraction of sp³-hybridized carbons (Fsp3) is 0.